The summed E-state index contributed by atoms with van der Waals surface area (Å²) >= 11 is 0. The van der Waals surface area contributed by atoms with E-state index in [9.17, 15) is 4.79 Å². The SMILES string of the molecule is CNCc1cn(CC(=O)N2CCCc3ccccc32)nn1. The van der Waals surface area contributed by atoms with Gasteiger partial charge in [0.15, 0.2) is 0 Å². The summed E-state index contributed by atoms with van der Waals surface area (Å²) < 4.78 is 1.60. The number of para-hydroxylation sites is 1. The molecule has 1 aromatic heterocycles. The third-order valence-corrected chi connectivity index (χ3v) is 3.65. The molecule has 0 bridgehead atoms. The molecule has 1 aliphatic heterocycles. The Bertz CT molecular complexity index is 636. The number of rotatable bonds is 4. The Kier molecular flexibility index (Phi) is 3.96. The highest BCUT2D eigenvalue weighted by atomic mass is 16.2. The van der Waals surface area contributed by atoms with Gasteiger partial charge in [0.1, 0.15) is 6.54 Å². The summed E-state index contributed by atoms with van der Waals surface area (Å²) in [5.74, 6) is 0.0584. The minimum atomic E-state index is 0.0584. The van der Waals surface area contributed by atoms with Crippen molar-refractivity contribution in [3.8, 4) is 0 Å². The Hall–Kier alpha value is -2.21. The number of hydrogen-bond acceptors (Lipinski definition) is 4. The molecule has 0 radical (unpaired) electrons. The molecule has 6 heteroatoms. The number of carbonyl (C=O) groups excluding carboxylic acids is 1. The van der Waals surface area contributed by atoms with Crippen molar-refractivity contribution in [2.45, 2.75) is 25.9 Å². The van der Waals surface area contributed by atoms with Crippen LogP contribution in [0.25, 0.3) is 0 Å². The van der Waals surface area contributed by atoms with E-state index in [1.807, 2.05) is 36.3 Å². The normalized spacial score (nSPS) is 14.0. The van der Waals surface area contributed by atoms with Gasteiger partial charge in [-0.15, -0.1) is 5.10 Å². The predicted octanol–water partition coefficient (Wildman–Crippen LogP) is 0.977. The van der Waals surface area contributed by atoms with Crippen LogP contribution in [0, 0.1) is 0 Å². The lowest BCUT2D eigenvalue weighted by Crippen LogP contribution is -2.37. The van der Waals surface area contributed by atoms with Gasteiger partial charge in [-0.05, 0) is 31.5 Å². The zero-order valence-electron chi connectivity index (χ0n) is 12.1. The van der Waals surface area contributed by atoms with E-state index in [1.54, 1.807) is 4.68 Å². The van der Waals surface area contributed by atoms with Gasteiger partial charge in [0, 0.05) is 18.8 Å². The summed E-state index contributed by atoms with van der Waals surface area (Å²) in [5.41, 5.74) is 3.11. The fraction of sp³-hybridized carbons (Fsp3) is 0.400. The number of fused-ring (bicyclic) bond motifs is 1. The van der Waals surface area contributed by atoms with E-state index in [2.05, 4.69) is 21.7 Å². The molecule has 0 aliphatic carbocycles. The number of benzene rings is 1. The minimum Gasteiger partial charge on any atom is -0.314 e. The molecule has 0 spiro atoms. The van der Waals surface area contributed by atoms with E-state index >= 15 is 0 Å². The number of carbonyl (C=O) groups is 1. The van der Waals surface area contributed by atoms with Crippen LogP contribution in [-0.2, 0) is 24.3 Å². The van der Waals surface area contributed by atoms with Crippen LogP contribution >= 0.6 is 0 Å². The first-order valence-electron chi connectivity index (χ1n) is 7.20. The van der Waals surface area contributed by atoms with E-state index in [4.69, 9.17) is 0 Å². The lowest BCUT2D eigenvalue weighted by Gasteiger charge is -2.29. The number of aromatic nitrogens is 3. The summed E-state index contributed by atoms with van der Waals surface area (Å²) in [7, 11) is 1.86. The fourth-order valence-electron chi connectivity index (χ4n) is 2.69. The Labute approximate surface area is 123 Å². The molecular weight excluding hydrogens is 266 g/mol. The minimum absolute atomic E-state index is 0.0584. The highest BCUT2D eigenvalue weighted by Crippen LogP contribution is 2.26. The van der Waals surface area contributed by atoms with Crippen molar-refractivity contribution in [3.05, 3.63) is 41.7 Å². The van der Waals surface area contributed by atoms with Crippen LogP contribution in [-0.4, -0.2) is 34.5 Å². The van der Waals surface area contributed by atoms with E-state index in [0.717, 1.165) is 30.8 Å². The number of anilines is 1. The number of aryl methyl sites for hydroxylation is 1. The quantitative estimate of drug-likeness (QED) is 0.909. The van der Waals surface area contributed by atoms with Crippen LogP contribution in [0.5, 0.6) is 0 Å². The zero-order chi connectivity index (χ0) is 14.7. The van der Waals surface area contributed by atoms with E-state index in [0.29, 0.717) is 6.54 Å². The summed E-state index contributed by atoms with van der Waals surface area (Å²) in [6.45, 7) is 1.65. The lowest BCUT2D eigenvalue weighted by molar-refractivity contribution is -0.119. The van der Waals surface area contributed by atoms with Crippen LogP contribution in [0.1, 0.15) is 17.7 Å². The first-order valence-corrected chi connectivity index (χ1v) is 7.20. The molecule has 110 valence electrons. The van der Waals surface area contributed by atoms with Crippen molar-refractivity contribution in [1.82, 2.24) is 20.3 Å². The molecule has 1 aromatic carbocycles. The summed E-state index contributed by atoms with van der Waals surface area (Å²) in [4.78, 5) is 14.4. The Morgan fingerprint density at radius 3 is 3.10 bits per heavy atom. The van der Waals surface area contributed by atoms with Crippen molar-refractivity contribution in [3.63, 3.8) is 0 Å². The average molecular weight is 285 g/mol. The van der Waals surface area contributed by atoms with Crippen molar-refractivity contribution in [2.24, 2.45) is 0 Å². The summed E-state index contributed by atoms with van der Waals surface area (Å²) in [6, 6.07) is 8.11. The molecule has 0 saturated carbocycles. The Balaban J connectivity index is 1.74. The number of amides is 1. The van der Waals surface area contributed by atoms with Gasteiger partial charge in [-0.25, -0.2) is 4.68 Å². The molecule has 1 N–H and O–H groups in total. The molecule has 0 saturated heterocycles. The Morgan fingerprint density at radius 1 is 1.38 bits per heavy atom. The van der Waals surface area contributed by atoms with Gasteiger partial charge in [0.25, 0.3) is 0 Å². The van der Waals surface area contributed by atoms with Crippen molar-refractivity contribution in [2.75, 3.05) is 18.5 Å². The van der Waals surface area contributed by atoms with Gasteiger partial charge >= 0.3 is 0 Å². The first-order chi connectivity index (χ1) is 10.3. The lowest BCUT2D eigenvalue weighted by atomic mass is 10.0. The highest BCUT2D eigenvalue weighted by Gasteiger charge is 2.22. The molecule has 6 nitrogen and oxygen atoms in total. The molecule has 3 rings (SSSR count). The topological polar surface area (TPSA) is 63.1 Å². The zero-order valence-corrected chi connectivity index (χ0v) is 12.1. The van der Waals surface area contributed by atoms with Crippen LogP contribution < -0.4 is 10.2 Å². The number of hydrogen-bond donors (Lipinski definition) is 1. The fourth-order valence-corrected chi connectivity index (χ4v) is 2.69. The van der Waals surface area contributed by atoms with Gasteiger partial charge in [0.05, 0.1) is 11.9 Å². The number of nitrogens with one attached hydrogen (secondary N) is 1. The van der Waals surface area contributed by atoms with E-state index in [1.165, 1.54) is 5.56 Å². The van der Waals surface area contributed by atoms with Crippen molar-refractivity contribution >= 4 is 11.6 Å². The molecule has 1 aliphatic rings. The van der Waals surface area contributed by atoms with Gasteiger partial charge in [0.2, 0.25) is 5.91 Å². The second-order valence-corrected chi connectivity index (χ2v) is 5.22. The molecule has 1 amide bonds. The molecule has 0 unspecified atom stereocenters. The maximum absolute atomic E-state index is 12.5. The monoisotopic (exact) mass is 285 g/mol. The van der Waals surface area contributed by atoms with Gasteiger partial charge in [-0.1, -0.05) is 23.4 Å². The van der Waals surface area contributed by atoms with Gasteiger partial charge in [-0.3, -0.25) is 4.79 Å². The third kappa shape index (κ3) is 2.95. The molecule has 2 heterocycles. The molecular formula is C15H19N5O. The standard InChI is InChI=1S/C15H19N5O/c1-16-9-13-10-19(18-17-13)11-15(21)20-8-4-6-12-5-2-3-7-14(12)20/h2-3,5,7,10,16H,4,6,8-9,11H2,1H3. The number of nitrogens with zero attached hydrogens (tertiary/aromatic N) is 4. The third-order valence-electron chi connectivity index (χ3n) is 3.65. The molecule has 0 fully saturated rings. The van der Waals surface area contributed by atoms with Gasteiger partial charge in [-0.2, -0.15) is 0 Å². The predicted molar refractivity (Wildman–Crippen MR) is 79.9 cm³/mol. The maximum Gasteiger partial charge on any atom is 0.248 e. The van der Waals surface area contributed by atoms with Crippen LogP contribution in [0.2, 0.25) is 0 Å². The largest absolute Gasteiger partial charge is 0.314 e. The second-order valence-electron chi connectivity index (χ2n) is 5.22. The van der Waals surface area contributed by atoms with E-state index in [-0.39, 0.29) is 12.5 Å². The molecule has 21 heavy (non-hydrogen) atoms. The Morgan fingerprint density at radius 2 is 2.24 bits per heavy atom. The van der Waals surface area contributed by atoms with E-state index < -0.39 is 0 Å². The van der Waals surface area contributed by atoms with Crippen LogP contribution in [0.15, 0.2) is 30.5 Å². The molecule has 0 atom stereocenters. The highest BCUT2D eigenvalue weighted by molar-refractivity contribution is 5.94. The smallest absolute Gasteiger partial charge is 0.248 e. The van der Waals surface area contributed by atoms with Crippen LogP contribution in [0.4, 0.5) is 5.69 Å². The molecule has 2 aromatic rings. The summed E-state index contributed by atoms with van der Waals surface area (Å²) in [6.07, 6.45) is 3.85. The average Bonchev–Trinajstić information content (AvgIpc) is 2.94. The first kappa shape index (κ1) is 13.8. The van der Waals surface area contributed by atoms with Crippen LogP contribution in [0.3, 0.4) is 0 Å². The maximum atomic E-state index is 12.5. The second kappa shape index (κ2) is 6.05. The summed E-state index contributed by atoms with van der Waals surface area (Å²) in [5, 5.41) is 11.0. The van der Waals surface area contributed by atoms with Gasteiger partial charge < -0.3 is 10.2 Å². The van der Waals surface area contributed by atoms with Crippen molar-refractivity contribution < 1.29 is 4.79 Å². The van der Waals surface area contributed by atoms with Crippen molar-refractivity contribution in [1.29, 1.82) is 0 Å².